The smallest absolute Gasteiger partial charge is 0.411 e. The summed E-state index contributed by atoms with van der Waals surface area (Å²) < 4.78 is 27.6. The quantitative estimate of drug-likeness (QED) is 0.834. The van der Waals surface area contributed by atoms with Crippen LogP contribution in [0.3, 0.4) is 0 Å². The van der Waals surface area contributed by atoms with Crippen molar-refractivity contribution in [2.45, 2.75) is 6.42 Å². The molecule has 1 N–H and O–H groups in total. The van der Waals surface area contributed by atoms with Gasteiger partial charge in [0, 0.05) is 23.7 Å². The van der Waals surface area contributed by atoms with E-state index in [0.717, 1.165) is 25.6 Å². The van der Waals surface area contributed by atoms with E-state index < -0.39 is 17.7 Å². The highest BCUT2D eigenvalue weighted by atomic mass is 35.5. The number of halogens is 3. The number of benzene rings is 2. The standard InChI is InChI=1S/C19H19ClF2N2O2/c1-23-5-4-12(10-23)11-24(19(25)26)18-3-2-15(21)9-17(18)13-6-14(20)8-16(22)7-13/h2-3,6-9,12H,4-5,10-11H2,1H3,(H,25,26)/t12-/m0/s1. The molecular weight excluding hydrogens is 362 g/mol. The van der Waals surface area contributed by atoms with E-state index in [1.807, 2.05) is 7.05 Å². The van der Waals surface area contributed by atoms with Crippen LogP contribution < -0.4 is 4.90 Å². The van der Waals surface area contributed by atoms with Crippen LogP contribution in [-0.4, -0.2) is 42.8 Å². The molecule has 0 bridgehead atoms. The van der Waals surface area contributed by atoms with Crippen LogP contribution in [0, 0.1) is 17.6 Å². The van der Waals surface area contributed by atoms with E-state index in [4.69, 9.17) is 11.6 Å². The Morgan fingerprint density at radius 1 is 1.27 bits per heavy atom. The van der Waals surface area contributed by atoms with Crippen molar-refractivity contribution in [2.75, 3.05) is 31.6 Å². The first-order chi connectivity index (χ1) is 12.3. The van der Waals surface area contributed by atoms with Crippen LogP contribution in [0.5, 0.6) is 0 Å². The molecule has 1 heterocycles. The van der Waals surface area contributed by atoms with E-state index in [9.17, 15) is 18.7 Å². The van der Waals surface area contributed by atoms with Gasteiger partial charge >= 0.3 is 6.09 Å². The van der Waals surface area contributed by atoms with E-state index >= 15 is 0 Å². The fourth-order valence-electron chi connectivity index (χ4n) is 3.40. The normalized spacial score (nSPS) is 17.5. The number of likely N-dealkylation sites (tertiary alicyclic amines) is 1. The molecule has 1 amide bonds. The Bertz CT molecular complexity index is 811. The van der Waals surface area contributed by atoms with Gasteiger partial charge in [-0.05, 0) is 67.9 Å². The monoisotopic (exact) mass is 380 g/mol. The summed E-state index contributed by atoms with van der Waals surface area (Å²) in [7, 11) is 1.99. The van der Waals surface area contributed by atoms with E-state index in [2.05, 4.69) is 4.90 Å². The molecule has 0 unspecified atom stereocenters. The summed E-state index contributed by atoms with van der Waals surface area (Å²) in [5, 5.41) is 9.88. The lowest BCUT2D eigenvalue weighted by molar-refractivity contribution is 0.200. The minimum atomic E-state index is -1.13. The fraction of sp³-hybridized carbons (Fsp3) is 0.316. The predicted octanol–water partition coefficient (Wildman–Crippen LogP) is 4.72. The van der Waals surface area contributed by atoms with Crippen LogP contribution >= 0.6 is 11.6 Å². The Morgan fingerprint density at radius 2 is 2.04 bits per heavy atom. The minimum absolute atomic E-state index is 0.162. The highest BCUT2D eigenvalue weighted by Crippen LogP contribution is 2.34. The number of amides is 1. The molecule has 2 aromatic rings. The molecule has 0 radical (unpaired) electrons. The number of carboxylic acid groups (broad SMARTS) is 1. The zero-order valence-electron chi connectivity index (χ0n) is 14.3. The van der Waals surface area contributed by atoms with Gasteiger partial charge in [-0.1, -0.05) is 11.6 Å². The Labute approximate surface area is 155 Å². The summed E-state index contributed by atoms with van der Waals surface area (Å²) in [4.78, 5) is 15.2. The number of carbonyl (C=O) groups is 1. The third-order valence-electron chi connectivity index (χ3n) is 4.58. The summed E-state index contributed by atoms with van der Waals surface area (Å²) in [6, 6.07) is 7.68. The number of hydrogen-bond acceptors (Lipinski definition) is 2. The molecule has 1 saturated heterocycles. The zero-order valence-corrected chi connectivity index (χ0v) is 15.0. The number of rotatable bonds is 4. The summed E-state index contributed by atoms with van der Waals surface area (Å²) in [6.45, 7) is 2.00. The molecule has 0 aliphatic carbocycles. The molecule has 0 saturated carbocycles. The molecule has 1 atom stereocenters. The third kappa shape index (κ3) is 4.14. The van der Waals surface area contributed by atoms with Gasteiger partial charge in [0.05, 0.1) is 5.69 Å². The summed E-state index contributed by atoms with van der Waals surface area (Å²) in [5.41, 5.74) is 0.939. The largest absolute Gasteiger partial charge is 0.465 e. The summed E-state index contributed by atoms with van der Waals surface area (Å²) in [6.07, 6.45) is -0.238. The molecule has 0 aromatic heterocycles. The second-order valence-electron chi connectivity index (χ2n) is 6.63. The van der Waals surface area contributed by atoms with Gasteiger partial charge in [-0.15, -0.1) is 0 Å². The summed E-state index contributed by atoms with van der Waals surface area (Å²) in [5.74, 6) is -0.915. The van der Waals surface area contributed by atoms with Gasteiger partial charge in [-0.2, -0.15) is 0 Å². The first-order valence-electron chi connectivity index (χ1n) is 8.28. The predicted molar refractivity (Wildman–Crippen MR) is 97.8 cm³/mol. The minimum Gasteiger partial charge on any atom is -0.465 e. The van der Waals surface area contributed by atoms with Crippen molar-refractivity contribution < 1.29 is 18.7 Å². The Morgan fingerprint density at radius 3 is 2.65 bits per heavy atom. The fourth-order valence-corrected chi connectivity index (χ4v) is 3.62. The Balaban J connectivity index is 2.03. The molecule has 3 rings (SSSR count). The van der Waals surface area contributed by atoms with Crippen molar-refractivity contribution in [1.82, 2.24) is 4.90 Å². The highest BCUT2D eigenvalue weighted by Gasteiger charge is 2.27. The average Bonchev–Trinajstić information content (AvgIpc) is 2.97. The van der Waals surface area contributed by atoms with Crippen molar-refractivity contribution in [3.05, 3.63) is 53.1 Å². The molecule has 0 spiro atoms. The van der Waals surface area contributed by atoms with Gasteiger partial charge in [0.2, 0.25) is 0 Å². The molecule has 26 heavy (non-hydrogen) atoms. The molecule has 1 aliphatic rings. The topological polar surface area (TPSA) is 43.8 Å². The van der Waals surface area contributed by atoms with Gasteiger partial charge in [0.15, 0.2) is 0 Å². The first kappa shape index (κ1) is 18.6. The first-order valence-corrected chi connectivity index (χ1v) is 8.66. The molecule has 4 nitrogen and oxygen atoms in total. The lowest BCUT2D eigenvalue weighted by Crippen LogP contribution is -2.35. The third-order valence-corrected chi connectivity index (χ3v) is 4.80. The molecule has 2 aromatic carbocycles. The maximum absolute atomic E-state index is 13.9. The van der Waals surface area contributed by atoms with Crippen LogP contribution in [0.25, 0.3) is 11.1 Å². The zero-order chi connectivity index (χ0) is 18.8. The van der Waals surface area contributed by atoms with Crippen LogP contribution in [0.15, 0.2) is 36.4 Å². The molecule has 1 aliphatic heterocycles. The van der Waals surface area contributed by atoms with Crippen molar-refractivity contribution in [2.24, 2.45) is 5.92 Å². The van der Waals surface area contributed by atoms with Gasteiger partial charge in [-0.3, -0.25) is 4.90 Å². The molecule has 138 valence electrons. The Kier molecular flexibility index (Phi) is 5.44. The number of nitrogens with zero attached hydrogens (tertiary/aromatic N) is 2. The van der Waals surface area contributed by atoms with E-state index in [0.29, 0.717) is 23.4 Å². The molecular formula is C19H19ClF2N2O2. The second kappa shape index (κ2) is 7.60. The lowest BCUT2D eigenvalue weighted by atomic mass is 10.0. The van der Waals surface area contributed by atoms with Crippen molar-refractivity contribution in [3.8, 4) is 11.1 Å². The summed E-state index contributed by atoms with van der Waals surface area (Å²) >= 11 is 5.92. The van der Waals surface area contributed by atoms with Crippen LogP contribution in [0.4, 0.5) is 19.3 Å². The molecule has 7 heteroatoms. The lowest BCUT2D eigenvalue weighted by Gasteiger charge is -2.25. The number of anilines is 1. The van der Waals surface area contributed by atoms with E-state index in [1.54, 1.807) is 0 Å². The molecule has 1 fully saturated rings. The Hall–Kier alpha value is -2.18. The van der Waals surface area contributed by atoms with Crippen LogP contribution in [0.1, 0.15) is 6.42 Å². The van der Waals surface area contributed by atoms with Crippen LogP contribution in [-0.2, 0) is 0 Å². The maximum atomic E-state index is 13.9. The van der Waals surface area contributed by atoms with E-state index in [-0.39, 0.29) is 10.9 Å². The van der Waals surface area contributed by atoms with Crippen molar-refractivity contribution in [1.29, 1.82) is 0 Å². The SMILES string of the molecule is CN1CC[C@H](CN(C(=O)O)c2ccc(F)cc2-c2cc(F)cc(Cl)c2)C1. The van der Waals surface area contributed by atoms with Gasteiger partial charge in [0.1, 0.15) is 11.6 Å². The maximum Gasteiger partial charge on any atom is 0.411 e. The number of hydrogen-bond donors (Lipinski definition) is 1. The van der Waals surface area contributed by atoms with Gasteiger partial charge in [-0.25, -0.2) is 13.6 Å². The average molecular weight is 381 g/mol. The van der Waals surface area contributed by atoms with E-state index in [1.165, 1.54) is 35.2 Å². The van der Waals surface area contributed by atoms with Gasteiger partial charge in [0.25, 0.3) is 0 Å². The second-order valence-corrected chi connectivity index (χ2v) is 7.07. The van der Waals surface area contributed by atoms with Crippen LogP contribution in [0.2, 0.25) is 5.02 Å². The van der Waals surface area contributed by atoms with Crippen molar-refractivity contribution in [3.63, 3.8) is 0 Å². The van der Waals surface area contributed by atoms with Crippen molar-refractivity contribution >= 4 is 23.4 Å². The van der Waals surface area contributed by atoms with Gasteiger partial charge < -0.3 is 10.0 Å². The highest BCUT2D eigenvalue weighted by molar-refractivity contribution is 6.30.